The molecule has 0 bridgehead atoms. The van der Waals surface area contributed by atoms with Gasteiger partial charge in [-0.3, -0.25) is 9.59 Å². The fourth-order valence-corrected chi connectivity index (χ4v) is 3.45. The smallest absolute Gasteiger partial charge is 0.228 e. The zero-order chi connectivity index (χ0) is 17.0. The van der Waals surface area contributed by atoms with Crippen molar-refractivity contribution in [3.63, 3.8) is 0 Å². The number of amides is 2. The van der Waals surface area contributed by atoms with Gasteiger partial charge in [0.2, 0.25) is 21.8 Å². The average Bonchev–Trinajstić information content (AvgIpc) is 2.48. The fraction of sp³-hybridized carbons (Fsp3) is 0.467. The summed E-state index contributed by atoms with van der Waals surface area (Å²) in [6.45, 7) is 2.11. The molecule has 0 saturated carbocycles. The molecule has 1 saturated heterocycles. The van der Waals surface area contributed by atoms with Crippen LogP contribution in [0.1, 0.15) is 19.8 Å². The molecule has 1 aromatic rings. The van der Waals surface area contributed by atoms with Crippen molar-refractivity contribution in [2.75, 3.05) is 30.0 Å². The molecule has 1 unspecified atom stereocenters. The first-order valence-electron chi connectivity index (χ1n) is 7.39. The van der Waals surface area contributed by atoms with Crippen molar-refractivity contribution in [1.29, 1.82) is 0 Å². The predicted octanol–water partition coefficient (Wildman–Crippen LogP) is 1.26. The van der Waals surface area contributed by atoms with Crippen LogP contribution >= 0.6 is 0 Å². The van der Waals surface area contributed by atoms with E-state index in [0.717, 1.165) is 6.26 Å². The van der Waals surface area contributed by atoms with Gasteiger partial charge in [-0.25, -0.2) is 12.7 Å². The molecule has 0 spiro atoms. The summed E-state index contributed by atoms with van der Waals surface area (Å²) in [6.07, 6.45) is 2.50. The summed E-state index contributed by atoms with van der Waals surface area (Å²) < 4.78 is 24.5. The predicted molar refractivity (Wildman–Crippen MR) is 88.5 cm³/mol. The lowest BCUT2D eigenvalue weighted by molar-refractivity contribution is -0.121. The van der Waals surface area contributed by atoms with E-state index in [1.54, 1.807) is 24.3 Å². The van der Waals surface area contributed by atoms with Crippen LogP contribution in [0.4, 0.5) is 11.4 Å². The Balaban J connectivity index is 1.97. The fourth-order valence-electron chi connectivity index (χ4n) is 2.54. The first-order chi connectivity index (χ1) is 10.8. The van der Waals surface area contributed by atoms with Crippen molar-refractivity contribution < 1.29 is 18.0 Å². The summed E-state index contributed by atoms with van der Waals surface area (Å²) in [4.78, 5) is 23.3. The molecule has 2 N–H and O–H groups in total. The van der Waals surface area contributed by atoms with Gasteiger partial charge in [0.25, 0.3) is 0 Å². The van der Waals surface area contributed by atoms with Gasteiger partial charge in [0.05, 0.1) is 12.2 Å². The van der Waals surface area contributed by atoms with Crippen LogP contribution in [0, 0.1) is 5.92 Å². The SMILES string of the molecule is CC(=O)Nc1ccc(NC(=O)C2CCCN(S(C)(=O)=O)C2)cc1. The Hall–Kier alpha value is -1.93. The van der Waals surface area contributed by atoms with Gasteiger partial charge in [-0.05, 0) is 37.1 Å². The van der Waals surface area contributed by atoms with E-state index in [1.165, 1.54) is 11.2 Å². The van der Waals surface area contributed by atoms with Gasteiger partial charge in [0.15, 0.2) is 0 Å². The molecule has 0 aromatic heterocycles. The molecule has 1 atom stereocenters. The van der Waals surface area contributed by atoms with Gasteiger partial charge in [0, 0.05) is 31.4 Å². The van der Waals surface area contributed by atoms with Crippen LogP contribution in [0.15, 0.2) is 24.3 Å². The molecule has 0 aliphatic carbocycles. The lowest BCUT2D eigenvalue weighted by atomic mass is 9.98. The number of nitrogens with one attached hydrogen (secondary N) is 2. The highest BCUT2D eigenvalue weighted by atomic mass is 32.2. The van der Waals surface area contributed by atoms with E-state index in [1.807, 2.05) is 0 Å². The molecule has 126 valence electrons. The van der Waals surface area contributed by atoms with Crippen molar-refractivity contribution in [3.05, 3.63) is 24.3 Å². The second-order valence-corrected chi connectivity index (χ2v) is 7.69. The topological polar surface area (TPSA) is 95.6 Å². The van der Waals surface area contributed by atoms with Crippen LogP contribution in [0.2, 0.25) is 0 Å². The number of piperidine rings is 1. The van der Waals surface area contributed by atoms with E-state index in [-0.39, 0.29) is 24.3 Å². The highest BCUT2D eigenvalue weighted by molar-refractivity contribution is 7.88. The molecule has 1 fully saturated rings. The monoisotopic (exact) mass is 339 g/mol. The maximum Gasteiger partial charge on any atom is 0.228 e. The van der Waals surface area contributed by atoms with Crippen molar-refractivity contribution in [1.82, 2.24) is 4.31 Å². The Morgan fingerprint density at radius 2 is 1.70 bits per heavy atom. The highest BCUT2D eigenvalue weighted by Gasteiger charge is 2.30. The third-order valence-electron chi connectivity index (χ3n) is 3.70. The number of hydrogen-bond acceptors (Lipinski definition) is 4. The maximum atomic E-state index is 12.3. The molecule has 1 aliphatic rings. The second kappa shape index (κ2) is 7.10. The molecule has 0 radical (unpaired) electrons. The lowest BCUT2D eigenvalue weighted by Gasteiger charge is -2.30. The molecular formula is C15H21N3O4S. The average molecular weight is 339 g/mol. The van der Waals surface area contributed by atoms with Crippen LogP contribution in [0.25, 0.3) is 0 Å². The molecule has 1 aromatic carbocycles. The van der Waals surface area contributed by atoms with Gasteiger partial charge >= 0.3 is 0 Å². The highest BCUT2D eigenvalue weighted by Crippen LogP contribution is 2.21. The molecule has 2 amide bonds. The van der Waals surface area contributed by atoms with Crippen molar-refractivity contribution in [2.45, 2.75) is 19.8 Å². The molecule has 1 heterocycles. The van der Waals surface area contributed by atoms with E-state index in [0.29, 0.717) is 30.8 Å². The van der Waals surface area contributed by atoms with Gasteiger partial charge in [-0.2, -0.15) is 0 Å². The number of benzene rings is 1. The lowest BCUT2D eigenvalue weighted by Crippen LogP contribution is -2.43. The zero-order valence-corrected chi connectivity index (χ0v) is 14.0. The number of sulfonamides is 1. The molecular weight excluding hydrogens is 318 g/mol. The van der Waals surface area contributed by atoms with Crippen molar-refractivity contribution in [3.8, 4) is 0 Å². The Morgan fingerprint density at radius 1 is 1.13 bits per heavy atom. The van der Waals surface area contributed by atoms with Crippen LogP contribution in [-0.4, -0.2) is 43.9 Å². The van der Waals surface area contributed by atoms with E-state index >= 15 is 0 Å². The van der Waals surface area contributed by atoms with Crippen molar-refractivity contribution >= 4 is 33.2 Å². The number of carbonyl (C=O) groups excluding carboxylic acids is 2. The normalized spacial score (nSPS) is 19.1. The maximum absolute atomic E-state index is 12.3. The van der Waals surface area contributed by atoms with Crippen LogP contribution in [0.5, 0.6) is 0 Å². The first-order valence-corrected chi connectivity index (χ1v) is 9.24. The molecule has 8 heteroatoms. The summed E-state index contributed by atoms with van der Waals surface area (Å²) in [6, 6.07) is 6.78. The minimum atomic E-state index is -3.27. The summed E-state index contributed by atoms with van der Waals surface area (Å²) in [5, 5.41) is 5.44. The summed E-state index contributed by atoms with van der Waals surface area (Å²) in [5.74, 6) is -0.705. The Bertz CT molecular complexity index is 685. The molecule has 1 aliphatic heterocycles. The largest absolute Gasteiger partial charge is 0.326 e. The zero-order valence-electron chi connectivity index (χ0n) is 13.2. The third-order valence-corrected chi connectivity index (χ3v) is 4.97. The van der Waals surface area contributed by atoms with Gasteiger partial charge in [-0.15, -0.1) is 0 Å². The van der Waals surface area contributed by atoms with E-state index < -0.39 is 10.0 Å². The first kappa shape index (κ1) is 17.4. The standard InChI is InChI=1S/C15H21N3O4S/c1-11(19)16-13-5-7-14(8-6-13)17-15(20)12-4-3-9-18(10-12)23(2,21)22/h5-8,12H,3-4,9-10H2,1-2H3,(H,16,19)(H,17,20). The molecule has 2 rings (SSSR count). The van der Waals surface area contributed by atoms with Crippen LogP contribution < -0.4 is 10.6 Å². The van der Waals surface area contributed by atoms with E-state index in [2.05, 4.69) is 10.6 Å². The van der Waals surface area contributed by atoms with E-state index in [9.17, 15) is 18.0 Å². The summed E-state index contributed by atoms with van der Waals surface area (Å²) >= 11 is 0. The van der Waals surface area contributed by atoms with Gasteiger partial charge in [-0.1, -0.05) is 0 Å². The minimum absolute atomic E-state index is 0.162. The molecule has 7 nitrogen and oxygen atoms in total. The number of carbonyl (C=O) groups is 2. The number of hydrogen-bond donors (Lipinski definition) is 2. The quantitative estimate of drug-likeness (QED) is 0.863. The summed E-state index contributed by atoms with van der Waals surface area (Å²) in [7, 11) is -3.27. The van der Waals surface area contributed by atoms with Gasteiger partial charge < -0.3 is 10.6 Å². The Morgan fingerprint density at radius 3 is 2.22 bits per heavy atom. The second-order valence-electron chi connectivity index (χ2n) is 5.71. The minimum Gasteiger partial charge on any atom is -0.326 e. The number of anilines is 2. The molecule has 23 heavy (non-hydrogen) atoms. The van der Waals surface area contributed by atoms with Crippen LogP contribution in [-0.2, 0) is 19.6 Å². The third kappa shape index (κ3) is 5.04. The Labute approximate surface area is 136 Å². The summed E-state index contributed by atoms with van der Waals surface area (Å²) in [5.41, 5.74) is 1.26. The van der Waals surface area contributed by atoms with Gasteiger partial charge in [0.1, 0.15) is 0 Å². The van der Waals surface area contributed by atoms with Crippen LogP contribution in [0.3, 0.4) is 0 Å². The van der Waals surface area contributed by atoms with Crippen molar-refractivity contribution in [2.24, 2.45) is 5.92 Å². The number of nitrogens with zero attached hydrogens (tertiary/aromatic N) is 1. The number of rotatable bonds is 4. The Kier molecular flexibility index (Phi) is 5.38. The van der Waals surface area contributed by atoms with E-state index in [4.69, 9.17) is 0 Å².